The highest BCUT2D eigenvalue weighted by atomic mass is 16.7. The lowest BCUT2D eigenvalue weighted by atomic mass is 9.79. The van der Waals surface area contributed by atoms with Crippen LogP contribution < -0.4 is 4.90 Å². The normalized spacial score (nSPS) is 26.2. The standard InChI is InChI=1S/C26H37N3O3/c1-18(17-32-29-13-5-7-19-6-2-3-9-23(19)29)21-16-27-22-8-4-10-24(25(21)22)28-14-11-20(12-15-28)26(30)31/h4,8,10,16,18-20,23,27H,2-3,5-7,9,11-15,17H2,1H3,(H,30,31). The van der Waals surface area contributed by atoms with E-state index in [1.807, 2.05) is 0 Å². The molecule has 3 aliphatic rings. The van der Waals surface area contributed by atoms with Gasteiger partial charge in [-0.1, -0.05) is 25.8 Å². The number of anilines is 1. The van der Waals surface area contributed by atoms with E-state index in [0.29, 0.717) is 25.5 Å². The molecule has 0 spiro atoms. The summed E-state index contributed by atoms with van der Waals surface area (Å²) in [4.78, 5) is 23.6. The second-order valence-corrected chi connectivity index (χ2v) is 10.1. The van der Waals surface area contributed by atoms with E-state index in [0.717, 1.165) is 31.1 Å². The lowest BCUT2D eigenvalue weighted by Crippen LogP contribution is -2.46. The van der Waals surface area contributed by atoms with Crippen LogP contribution in [-0.2, 0) is 9.63 Å². The number of nitrogens with one attached hydrogen (secondary N) is 1. The second kappa shape index (κ2) is 9.44. The summed E-state index contributed by atoms with van der Waals surface area (Å²) < 4.78 is 0. The maximum Gasteiger partial charge on any atom is 0.306 e. The van der Waals surface area contributed by atoms with Crippen molar-refractivity contribution in [1.82, 2.24) is 10.0 Å². The maximum atomic E-state index is 11.4. The summed E-state index contributed by atoms with van der Waals surface area (Å²) in [6, 6.07) is 7.03. The number of hydroxylamine groups is 2. The lowest BCUT2D eigenvalue weighted by Gasteiger charge is -2.43. The summed E-state index contributed by atoms with van der Waals surface area (Å²) in [7, 11) is 0. The van der Waals surface area contributed by atoms with Gasteiger partial charge < -0.3 is 15.0 Å². The summed E-state index contributed by atoms with van der Waals surface area (Å²) in [5.41, 5.74) is 3.67. The lowest BCUT2D eigenvalue weighted by molar-refractivity contribution is -0.218. The van der Waals surface area contributed by atoms with Crippen LogP contribution >= 0.6 is 0 Å². The molecule has 3 fully saturated rings. The Morgan fingerprint density at radius 3 is 2.72 bits per heavy atom. The number of H-pyrrole nitrogens is 1. The molecule has 174 valence electrons. The van der Waals surface area contributed by atoms with Crippen LogP contribution in [0.25, 0.3) is 10.9 Å². The zero-order chi connectivity index (χ0) is 22.1. The van der Waals surface area contributed by atoms with Crippen LogP contribution in [0.3, 0.4) is 0 Å². The number of aromatic nitrogens is 1. The Labute approximate surface area is 190 Å². The van der Waals surface area contributed by atoms with Gasteiger partial charge in [0.2, 0.25) is 0 Å². The first-order chi connectivity index (χ1) is 15.6. The van der Waals surface area contributed by atoms with E-state index in [2.05, 4.69) is 46.3 Å². The molecule has 3 unspecified atom stereocenters. The van der Waals surface area contributed by atoms with Gasteiger partial charge in [0.15, 0.2) is 0 Å². The molecule has 5 rings (SSSR count). The first-order valence-electron chi connectivity index (χ1n) is 12.6. The number of aromatic amines is 1. The molecule has 1 saturated carbocycles. The Morgan fingerprint density at radius 2 is 1.91 bits per heavy atom. The number of hydrogen-bond donors (Lipinski definition) is 2. The van der Waals surface area contributed by atoms with Crippen molar-refractivity contribution in [2.45, 2.75) is 70.3 Å². The fourth-order valence-corrected chi connectivity index (χ4v) is 6.25. The van der Waals surface area contributed by atoms with Crippen molar-refractivity contribution in [3.8, 4) is 0 Å². The number of hydrogen-bond acceptors (Lipinski definition) is 4. The Morgan fingerprint density at radius 1 is 1.12 bits per heavy atom. The smallest absolute Gasteiger partial charge is 0.306 e. The molecule has 3 heterocycles. The average molecular weight is 440 g/mol. The molecular formula is C26H37N3O3. The Kier molecular flexibility index (Phi) is 6.42. The maximum absolute atomic E-state index is 11.4. The molecule has 6 heteroatoms. The number of carboxylic acid groups (broad SMARTS) is 1. The van der Waals surface area contributed by atoms with Crippen molar-refractivity contribution in [1.29, 1.82) is 0 Å². The number of carboxylic acids is 1. The summed E-state index contributed by atoms with van der Waals surface area (Å²) >= 11 is 0. The van der Waals surface area contributed by atoms with Crippen molar-refractivity contribution in [3.63, 3.8) is 0 Å². The van der Waals surface area contributed by atoms with Crippen molar-refractivity contribution >= 4 is 22.6 Å². The minimum absolute atomic E-state index is 0.211. The summed E-state index contributed by atoms with van der Waals surface area (Å²) in [6.07, 6.45) is 11.5. The van der Waals surface area contributed by atoms with Gasteiger partial charge in [0.25, 0.3) is 0 Å². The minimum Gasteiger partial charge on any atom is -0.481 e. The topological polar surface area (TPSA) is 68.8 Å². The van der Waals surface area contributed by atoms with Crippen LogP contribution in [-0.4, -0.2) is 53.4 Å². The number of rotatable bonds is 6. The van der Waals surface area contributed by atoms with Gasteiger partial charge in [-0.3, -0.25) is 9.63 Å². The fourth-order valence-electron chi connectivity index (χ4n) is 6.25. The third kappa shape index (κ3) is 4.27. The van der Waals surface area contributed by atoms with Crippen LogP contribution in [0.4, 0.5) is 5.69 Å². The molecule has 0 bridgehead atoms. The first-order valence-corrected chi connectivity index (χ1v) is 12.6. The van der Waals surface area contributed by atoms with Crippen molar-refractivity contribution in [2.75, 3.05) is 31.1 Å². The molecule has 2 aliphatic heterocycles. The second-order valence-electron chi connectivity index (χ2n) is 10.1. The predicted molar refractivity (Wildman–Crippen MR) is 127 cm³/mol. The third-order valence-corrected chi connectivity index (χ3v) is 8.11. The zero-order valence-corrected chi connectivity index (χ0v) is 19.3. The summed E-state index contributed by atoms with van der Waals surface area (Å²) in [5.74, 6) is 0.233. The van der Waals surface area contributed by atoms with E-state index < -0.39 is 5.97 Å². The van der Waals surface area contributed by atoms with E-state index in [9.17, 15) is 9.90 Å². The molecular weight excluding hydrogens is 402 g/mol. The van der Waals surface area contributed by atoms with Crippen LogP contribution in [0.1, 0.15) is 69.8 Å². The summed E-state index contributed by atoms with van der Waals surface area (Å²) in [6.45, 7) is 5.61. The largest absolute Gasteiger partial charge is 0.481 e. The van der Waals surface area contributed by atoms with E-state index >= 15 is 0 Å². The molecule has 2 saturated heterocycles. The van der Waals surface area contributed by atoms with E-state index in [-0.39, 0.29) is 11.8 Å². The fraction of sp³-hybridized carbons (Fsp3) is 0.654. The number of carbonyl (C=O) groups is 1. The average Bonchev–Trinajstić information content (AvgIpc) is 3.27. The Balaban J connectivity index is 1.30. The van der Waals surface area contributed by atoms with E-state index in [4.69, 9.17) is 4.84 Å². The number of aliphatic carboxylic acids is 1. The van der Waals surface area contributed by atoms with Gasteiger partial charge in [0, 0.05) is 54.4 Å². The highest BCUT2D eigenvalue weighted by Crippen LogP contribution is 2.38. The molecule has 1 aromatic carbocycles. The van der Waals surface area contributed by atoms with Crippen LogP contribution in [0.2, 0.25) is 0 Å². The quantitative estimate of drug-likeness (QED) is 0.651. The van der Waals surface area contributed by atoms with Gasteiger partial charge >= 0.3 is 5.97 Å². The molecule has 32 heavy (non-hydrogen) atoms. The predicted octanol–water partition coefficient (Wildman–Crippen LogP) is 5.16. The van der Waals surface area contributed by atoms with Gasteiger partial charge in [-0.15, -0.1) is 0 Å². The molecule has 2 aromatic rings. The number of nitrogens with zero attached hydrogens (tertiary/aromatic N) is 2. The van der Waals surface area contributed by atoms with Crippen LogP contribution in [0, 0.1) is 11.8 Å². The Hall–Kier alpha value is -2.05. The molecule has 3 atom stereocenters. The molecule has 6 nitrogen and oxygen atoms in total. The molecule has 0 radical (unpaired) electrons. The molecule has 1 aliphatic carbocycles. The van der Waals surface area contributed by atoms with Gasteiger partial charge in [0.05, 0.1) is 12.5 Å². The highest BCUT2D eigenvalue weighted by Gasteiger charge is 2.34. The van der Waals surface area contributed by atoms with Crippen molar-refractivity contribution in [2.24, 2.45) is 11.8 Å². The van der Waals surface area contributed by atoms with Gasteiger partial charge in [-0.25, -0.2) is 0 Å². The third-order valence-electron chi connectivity index (χ3n) is 8.11. The van der Waals surface area contributed by atoms with Crippen LogP contribution in [0.5, 0.6) is 0 Å². The zero-order valence-electron chi connectivity index (χ0n) is 19.3. The highest BCUT2D eigenvalue weighted by molar-refractivity contribution is 5.96. The number of fused-ring (bicyclic) bond motifs is 2. The summed E-state index contributed by atoms with van der Waals surface area (Å²) in [5, 5.41) is 12.9. The minimum atomic E-state index is -0.658. The monoisotopic (exact) mass is 439 g/mol. The SMILES string of the molecule is CC(CON1CCCC2CCCCC21)c1c[nH]c2cccc(N3CCC(C(=O)O)CC3)c12. The first kappa shape index (κ1) is 21.8. The van der Waals surface area contributed by atoms with Crippen LogP contribution in [0.15, 0.2) is 24.4 Å². The van der Waals surface area contributed by atoms with Gasteiger partial charge in [-0.2, -0.15) is 5.06 Å². The van der Waals surface area contributed by atoms with Gasteiger partial charge in [-0.05, 0) is 62.1 Å². The van der Waals surface area contributed by atoms with Gasteiger partial charge in [0.1, 0.15) is 0 Å². The van der Waals surface area contributed by atoms with Crippen molar-refractivity contribution < 1.29 is 14.7 Å². The van der Waals surface area contributed by atoms with E-state index in [1.54, 1.807) is 0 Å². The molecule has 2 N–H and O–H groups in total. The number of piperidine rings is 2. The Bertz CT molecular complexity index is 932. The number of benzene rings is 1. The molecule has 0 amide bonds. The van der Waals surface area contributed by atoms with Crippen molar-refractivity contribution in [3.05, 3.63) is 30.0 Å². The van der Waals surface area contributed by atoms with E-state index in [1.165, 1.54) is 55.2 Å². The molecule has 1 aromatic heterocycles.